The van der Waals surface area contributed by atoms with Crippen molar-refractivity contribution in [2.24, 2.45) is 0 Å². The first-order chi connectivity index (χ1) is 9.12. The Balaban J connectivity index is 2.75. The van der Waals surface area contributed by atoms with Crippen molar-refractivity contribution in [3.8, 4) is 0 Å². The van der Waals surface area contributed by atoms with Gasteiger partial charge in [0.1, 0.15) is 5.69 Å². The summed E-state index contributed by atoms with van der Waals surface area (Å²) in [4.78, 5) is 12.3. The number of amides is 1. The minimum Gasteiger partial charge on any atom is -0.383 e. The number of aromatic nitrogens is 1. The smallest absolute Gasteiger partial charge is 0.268 e. The Bertz CT molecular complexity index is 398. The van der Waals surface area contributed by atoms with Crippen molar-refractivity contribution < 1.29 is 9.53 Å². The molecule has 0 aliphatic carbocycles. The molecule has 4 nitrogen and oxygen atoms in total. The summed E-state index contributed by atoms with van der Waals surface area (Å²) in [7, 11) is 1.66. The van der Waals surface area contributed by atoms with Crippen LogP contribution in [0, 0.1) is 0 Å². The zero-order chi connectivity index (χ0) is 14.3. The standard InChI is InChI=1S/C14H23BrN2O2/c1-4-6-12(10-19-3)16-14(18)13-8-11(15)9-17(13)7-5-2/h8-9,12H,4-7,10H2,1-3H3,(H,16,18). The van der Waals surface area contributed by atoms with Gasteiger partial charge in [-0.25, -0.2) is 0 Å². The van der Waals surface area contributed by atoms with Crippen molar-refractivity contribution in [1.29, 1.82) is 0 Å². The van der Waals surface area contributed by atoms with E-state index in [9.17, 15) is 4.79 Å². The lowest BCUT2D eigenvalue weighted by Gasteiger charge is -2.17. The van der Waals surface area contributed by atoms with Gasteiger partial charge in [-0.3, -0.25) is 4.79 Å². The Morgan fingerprint density at radius 1 is 1.47 bits per heavy atom. The van der Waals surface area contributed by atoms with Crippen LogP contribution in [0.5, 0.6) is 0 Å². The predicted octanol–water partition coefficient (Wildman–Crippen LogP) is 3.21. The van der Waals surface area contributed by atoms with Crippen LogP contribution >= 0.6 is 15.9 Å². The summed E-state index contributed by atoms with van der Waals surface area (Å²) in [6.45, 7) is 5.60. The van der Waals surface area contributed by atoms with Crippen LogP contribution in [0.1, 0.15) is 43.6 Å². The molecule has 1 aromatic heterocycles. The number of halogens is 1. The maximum absolute atomic E-state index is 12.3. The van der Waals surface area contributed by atoms with Crippen LogP contribution in [0.4, 0.5) is 0 Å². The van der Waals surface area contributed by atoms with Gasteiger partial charge in [0, 0.05) is 24.3 Å². The first-order valence-electron chi connectivity index (χ1n) is 6.77. The van der Waals surface area contributed by atoms with E-state index in [1.54, 1.807) is 7.11 Å². The van der Waals surface area contributed by atoms with Gasteiger partial charge < -0.3 is 14.6 Å². The van der Waals surface area contributed by atoms with Crippen LogP contribution in [-0.2, 0) is 11.3 Å². The molecule has 1 rings (SSSR count). The predicted molar refractivity (Wildman–Crippen MR) is 80.5 cm³/mol. The molecule has 5 heteroatoms. The number of aryl methyl sites for hydroxylation is 1. The topological polar surface area (TPSA) is 43.3 Å². The van der Waals surface area contributed by atoms with Crippen LogP contribution in [0.3, 0.4) is 0 Å². The van der Waals surface area contributed by atoms with Gasteiger partial charge in [-0.15, -0.1) is 0 Å². The highest BCUT2D eigenvalue weighted by Gasteiger charge is 2.16. The van der Waals surface area contributed by atoms with Crippen molar-refractivity contribution in [2.75, 3.05) is 13.7 Å². The highest BCUT2D eigenvalue weighted by Crippen LogP contribution is 2.16. The number of rotatable bonds is 8. The van der Waals surface area contributed by atoms with E-state index in [1.807, 2.05) is 16.8 Å². The Morgan fingerprint density at radius 2 is 2.21 bits per heavy atom. The summed E-state index contributed by atoms with van der Waals surface area (Å²) < 4.78 is 8.06. The van der Waals surface area contributed by atoms with Crippen molar-refractivity contribution in [1.82, 2.24) is 9.88 Å². The third kappa shape index (κ3) is 4.99. The molecular weight excluding hydrogens is 308 g/mol. The van der Waals surface area contributed by atoms with Crippen molar-refractivity contribution in [3.05, 3.63) is 22.4 Å². The number of ether oxygens (including phenoxy) is 1. The van der Waals surface area contributed by atoms with E-state index >= 15 is 0 Å². The number of carbonyl (C=O) groups excluding carboxylic acids is 1. The monoisotopic (exact) mass is 330 g/mol. The van der Waals surface area contributed by atoms with Gasteiger partial charge in [-0.2, -0.15) is 0 Å². The minimum atomic E-state index is -0.0327. The third-order valence-corrected chi connectivity index (χ3v) is 3.33. The van der Waals surface area contributed by atoms with Gasteiger partial charge in [-0.05, 0) is 34.8 Å². The second-order valence-corrected chi connectivity index (χ2v) is 5.57. The molecule has 1 aromatic rings. The lowest BCUT2D eigenvalue weighted by atomic mass is 10.2. The molecule has 1 unspecified atom stereocenters. The molecule has 1 heterocycles. The number of methoxy groups -OCH3 is 1. The van der Waals surface area contributed by atoms with Gasteiger partial charge in [0.05, 0.1) is 12.6 Å². The van der Waals surface area contributed by atoms with Gasteiger partial charge in [0.25, 0.3) is 5.91 Å². The Labute approximate surface area is 123 Å². The largest absolute Gasteiger partial charge is 0.383 e. The second-order valence-electron chi connectivity index (χ2n) is 4.65. The third-order valence-electron chi connectivity index (χ3n) is 2.90. The molecule has 0 saturated heterocycles. The van der Waals surface area contributed by atoms with E-state index in [4.69, 9.17) is 4.74 Å². The summed E-state index contributed by atoms with van der Waals surface area (Å²) in [5, 5.41) is 3.04. The molecule has 0 spiro atoms. The average molecular weight is 331 g/mol. The fraction of sp³-hybridized carbons (Fsp3) is 0.643. The lowest BCUT2D eigenvalue weighted by molar-refractivity contribution is 0.0882. The van der Waals surface area contributed by atoms with Crippen LogP contribution in [0.15, 0.2) is 16.7 Å². The highest BCUT2D eigenvalue weighted by molar-refractivity contribution is 9.10. The minimum absolute atomic E-state index is 0.0327. The zero-order valence-electron chi connectivity index (χ0n) is 11.9. The molecule has 0 bridgehead atoms. The summed E-state index contributed by atoms with van der Waals surface area (Å²) >= 11 is 3.42. The van der Waals surface area contributed by atoms with E-state index in [2.05, 4.69) is 35.1 Å². The van der Waals surface area contributed by atoms with Crippen molar-refractivity contribution >= 4 is 21.8 Å². The fourth-order valence-electron chi connectivity index (χ4n) is 2.10. The average Bonchev–Trinajstić information content (AvgIpc) is 2.71. The van der Waals surface area contributed by atoms with Crippen LogP contribution in [0.25, 0.3) is 0 Å². The number of hydrogen-bond donors (Lipinski definition) is 1. The number of carbonyl (C=O) groups is 1. The molecule has 1 atom stereocenters. The van der Waals surface area contributed by atoms with Crippen molar-refractivity contribution in [3.63, 3.8) is 0 Å². The van der Waals surface area contributed by atoms with E-state index in [1.165, 1.54) is 0 Å². The highest BCUT2D eigenvalue weighted by atomic mass is 79.9. The number of nitrogens with zero attached hydrogens (tertiary/aromatic N) is 1. The van der Waals surface area contributed by atoms with E-state index in [0.717, 1.165) is 30.3 Å². The summed E-state index contributed by atoms with van der Waals surface area (Å²) in [5.74, 6) is -0.0327. The molecular formula is C14H23BrN2O2. The Hall–Kier alpha value is -0.810. The molecule has 0 radical (unpaired) electrons. The zero-order valence-corrected chi connectivity index (χ0v) is 13.5. The maximum atomic E-state index is 12.3. The fourth-order valence-corrected chi connectivity index (χ4v) is 2.56. The van der Waals surface area contributed by atoms with E-state index in [-0.39, 0.29) is 11.9 Å². The van der Waals surface area contributed by atoms with Gasteiger partial charge in [-0.1, -0.05) is 20.3 Å². The van der Waals surface area contributed by atoms with E-state index in [0.29, 0.717) is 12.3 Å². The summed E-state index contributed by atoms with van der Waals surface area (Å²) in [6, 6.07) is 1.94. The van der Waals surface area contributed by atoms with E-state index < -0.39 is 0 Å². The second kappa shape index (κ2) is 8.38. The van der Waals surface area contributed by atoms with Gasteiger partial charge in [0.15, 0.2) is 0 Å². The molecule has 1 N–H and O–H groups in total. The molecule has 0 aliphatic rings. The molecule has 1 amide bonds. The maximum Gasteiger partial charge on any atom is 0.268 e. The summed E-state index contributed by atoms with van der Waals surface area (Å²) in [5.41, 5.74) is 0.700. The van der Waals surface area contributed by atoms with Crippen molar-refractivity contribution in [2.45, 2.75) is 45.7 Å². The lowest BCUT2D eigenvalue weighted by Crippen LogP contribution is -2.38. The number of hydrogen-bond acceptors (Lipinski definition) is 2. The SMILES string of the molecule is CCCC(COC)NC(=O)c1cc(Br)cn1CCC. The normalized spacial score (nSPS) is 12.4. The van der Waals surface area contributed by atoms with Gasteiger partial charge in [0.2, 0.25) is 0 Å². The molecule has 0 saturated carbocycles. The molecule has 0 aromatic carbocycles. The first kappa shape index (κ1) is 16.2. The van der Waals surface area contributed by atoms with Gasteiger partial charge >= 0.3 is 0 Å². The summed E-state index contributed by atoms with van der Waals surface area (Å²) in [6.07, 6.45) is 4.89. The first-order valence-corrected chi connectivity index (χ1v) is 7.57. The number of nitrogens with one attached hydrogen (secondary N) is 1. The van der Waals surface area contributed by atoms with Crippen LogP contribution < -0.4 is 5.32 Å². The molecule has 19 heavy (non-hydrogen) atoms. The Kier molecular flexibility index (Phi) is 7.16. The quantitative estimate of drug-likeness (QED) is 0.795. The Morgan fingerprint density at radius 3 is 2.79 bits per heavy atom. The molecule has 0 aliphatic heterocycles. The van der Waals surface area contributed by atoms with Crippen LogP contribution in [-0.4, -0.2) is 30.2 Å². The van der Waals surface area contributed by atoms with Crippen LogP contribution in [0.2, 0.25) is 0 Å². The molecule has 0 fully saturated rings. The molecule has 108 valence electrons.